The van der Waals surface area contributed by atoms with Crippen molar-refractivity contribution in [3.05, 3.63) is 71.3 Å². The van der Waals surface area contributed by atoms with Crippen LogP contribution in [0.3, 0.4) is 0 Å². The molecule has 4 nitrogen and oxygen atoms in total. The number of nitrogens with zero attached hydrogens (tertiary/aromatic N) is 1. The summed E-state index contributed by atoms with van der Waals surface area (Å²) in [6, 6.07) is 16.8. The number of hydrogen-bond donors (Lipinski definition) is 1. The van der Waals surface area contributed by atoms with Gasteiger partial charge in [0.2, 0.25) is 5.91 Å². The highest BCUT2D eigenvalue weighted by Crippen LogP contribution is 2.28. The first-order valence-corrected chi connectivity index (χ1v) is 16.8. The smallest absolute Gasteiger partial charge is 0.227 e. The summed E-state index contributed by atoms with van der Waals surface area (Å²) < 4.78 is 6.02. The summed E-state index contributed by atoms with van der Waals surface area (Å²) in [5.41, 5.74) is 4.64. The van der Waals surface area contributed by atoms with Crippen LogP contribution in [-0.2, 0) is 17.8 Å². The van der Waals surface area contributed by atoms with Crippen LogP contribution in [0, 0.1) is 5.41 Å². The van der Waals surface area contributed by atoms with E-state index in [9.17, 15) is 4.79 Å². The van der Waals surface area contributed by atoms with Gasteiger partial charge in [-0.1, -0.05) is 115 Å². The van der Waals surface area contributed by atoms with E-state index in [-0.39, 0.29) is 28.3 Å². The lowest BCUT2D eigenvalue weighted by Crippen LogP contribution is -3.00. The van der Waals surface area contributed by atoms with E-state index in [2.05, 4.69) is 74.5 Å². The Hall–Kier alpha value is -2.40. The highest BCUT2D eigenvalue weighted by atomic mass is 79.9. The zero-order valence-corrected chi connectivity index (χ0v) is 29.0. The summed E-state index contributed by atoms with van der Waals surface area (Å²) in [4.78, 5) is 18.4. The minimum atomic E-state index is 0. The van der Waals surface area contributed by atoms with Gasteiger partial charge >= 0.3 is 0 Å². The van der Waals surface area contributed by atoms with Gasteiger partial charge in [0.15, 0.2) is 6.21 Å². The first kappa shape index (κ1) is 36.8. The van der Waals surface area contributed by atoms with Crippen LogP contribution in [0.5, 0.6) is 5.75 Å². The van der Waals surface area contributed by atoms with Crippen molar-refractivity contribution in [3.8, 4) is 5.75 Å². The molecular formula is C38H57BrN2O2. The number of unbranched alkanes of at least 4 members (excludes halogenated alkanes) is 11. The number of carbonyl (C=O) groups excluding carboxylic acids is 1. The Morgan fingerprint density at radius 1 is 0.860 bits per heavy atom. The van der Waals surface area contributed by atoms with Crippen molar-refractivity contribution in [1.82, 2.24) is 0 Å². The van der Waals surface area contributed by atoms with Gasteiger partial charge in [0.25, 0.3) is 0 Å². The Bertz CT molecular complexity index is 1130. The molecule has 0 saturated carbocycles. The van der Waals surface area contributed by atoms with Gasteiger partial charge in [0.05, 0.1) is 13.2 Å². The van der Waals surface area contributed by atoms with Gasteiger partial charge in [-0.3, -0.25) is 4.79 Å². The molecule has 1 N–H and O–H groups in total. The molecule has 238 valence electrons. The zero-order valence-electron chi connectivity index (χ0n) is 27.4. The predicted molar refractivity (Wildman–Crippen MR) is 178 cm³/mol. The summed E-state index contributed by atoms with van der Waals surface area (Å²) in [7, 11) is 0. The lowest BCUT2D eigenvalue weighted by molar-refractivity contribution is -0.469. The van der Waals surface area contributed by atoms with Crippen LogP contribution < -0.4 is 31.6 Å². The molecule has 1 heterocycles. The number of anilines is 1. The first-order chi connectivity index (χ1) is 20.4. The molecule has 0 aliphatic carbocycles. The highest BCUT2D eigenvalue weighted by molar-refractivity contribution is 5.93. The number of rotatable bonds is 20. The van der Waals surface area contributed by atoms with Crippen LogP contribution in [0.25, 0.3) is 0 Å². The summed E-state index contributed by atoms with van der Waals surface area (Å²) >= 11 is 0. The molecule has 43 heavy (non-hydrogen) atoms. The number of amides is 1. The quantitative estimate of drug-likeness (QED) is 0.195. The molecule has 2 aromatic carbocycles. The number of benzene rings is 2. The molecule has 0 saturated heterocycles. The molecule has 3 rings (SSSR count). The van der Waals surface area contributed by atoms with Crippen molar-refractivity contribution in [3.63, 3.8) is 0 Å². The Kier molecular flexibility index (Phi) is 17.6. The number of nitrogens with one attached hydrogen (secondary N) is 1. The van der Waals surface area contributed by atoms with Gasteiger partial charge in [-0.2, -0.15) is 0 Å². The summed E-state index contributed by atoms with van der Waals surface area (Å²) in [6.07, 6.45) is 22.0. The third kappa shape index (κ3) is 13.8. The molecule has 0 spiro atoms. The second-order valence-corrected chi connectivity index (χ2v) is 12.6. The second-order valence-electron chi connectivity index (χ2n) is 12.6. The Balaban J connectivity index is 0.00000645. The van der Waals surface area contributed by atoms with Gasteiger partial charge < -0.3 is 26.6 Å². The van der Waals surface area contributed by atoms with Gasteiger partial charge in [-0.05, 0) is 62.1 Å². The summed E-state index contributed by atoms with van der Waals surface area (Å²) in [5, 5.41) is 0. The zero-order chi connectivity index (χ0) is 30.0. The van der Waals surface area contributed by atoms with Crippen molar-refractivity contribution in [2.75, 3.05) is 18.1 Å². The lowest BCUT2D eigenvalue weighted by Gasteiger charge is -2.26. The molecule has 1 aliphatic heterocycles. The van der Waals surface area contributed by atoms with E-state index < -0.39 is 0 Å². The van der Waals surface area contributed by atoms with Gasteiger partial charge in [0.1, 0.15) is 12.3 Å². The van der Waals surface area contributed by atoms with Gasteiger partial charge in [-0.25, -0.2) is 4.99 Å². The van der Waals surface area contributed by atoms with Gasteiger partial charge in [0, 0.05) is 23.1 Å². The highest BCUT2D eigenvalue weighted by Gasteiger charge is 2.28. The first-order valence-electron chi connectivity index (χ1n) is 16.8. The van der Waals surface area contributed by atoms with E-state index in [1.165, 1.54) is 81.8 Å². The fourth-order valence-corrected chi connectivity index (χ4v) is 6.02. The van der Waals surface area contributed by atoms with Crippen LogP contribution in [0.4, 0.5) is 5.69 Å². The van der Waals surface area contributed by atoms with Crippen LogP contribution >= 0.6 is 0 Å². The Morgan fingerprint density at radius 2 is 1.49 bits per heavy atom. The minimum Gasteiger partial charge on any atom is -1.00 e. The summed E-state index contributed by atoms with van der Waals surface area (Å²) in [5.74, 6) is 1.04. The minimum absolute atomic E-state index is 0. The van der Waals surface area contributed by atoms with E-state index in [4.69, 9.17) is 4.74 Å². The van der Waals surface area contributed by atoms with E-state index in [0.29, 0.717) is 13.0 Å². The van der Waals surface area contributed by atoms with E-state index in [0.717, 1.165) is 43.0 Å². The maximum Gasteiger partial charge on any atom is 0.227 e. The fourth-order valence-electron chi connectivity index (χ4n) is 6.02. The Labute approximate surface area is 273 Å². The number of allylic oxidation sites excluding steroid dienone is 1. The largest absolute Gasteiger partial charge is 1.00 e. The van der Waals surface area contributed by atoms with Crippen LogP contribution in [0.15, 0.2) is 60.2 Å². The molecule has 0 aromatic heterocycles. The number of carbonyl (C=O) groups is 1. The average Bonchev–Trinajstić information content (AvgIpc) is 2.98. The van der Waals surface area contributed by atoms with Crippen LogP contribution in [0.2, 0.25) is 0 Å². The number of halogens is 1. The molecule has 1 aliphatic rings. The van der Waals surface area contributed by atoms with Crippen molar-refractivity contribution in [2.45, 2.75) is 124 Å². The molecule has 0 radical (unpaired) electrons. The number of hydrogen-bond acceptors (Lipinski definition) is 2. The van der Waals surface area contributed by atoms with Crippen molar-refractivity contribution < 1.29 is 31.5 Å². The lowest BCUT2D eigenvalue weighted by atomic mass is 9.81. The van der Waals surface area contributed by atoms with Crippen molar-refractivity contribution >= 4 is 17.8 Å². The third-order valence-corrected chi connectivity index (χ3v) is 8.38. The predicted octanol–water partition coefficient (Wildman–Crippen LogP) is 5.37. The SMILES string of the molecule is CCCCCCCCCCCCCCOc1ccc(CN(C(=O)CC)c2cccc(CC3(C)C=C(C)C=[NH+]C3)c2)cc1.[Br-]. The van der Waals surface area contributed by atoms with E-state index >= 15 is 0 Å². The van der Waals surface area contributed by atoms with Crippen molar-refractivity contribution in [2.24, 2.45) is 5.41 Å². The molecule has 1 amide bonds. The van der Waals surface area contributed by atoms with Crippen LogP contribution in [-0.4, -0.2) is 25.3 Å². The topological polar surface area (TPSA) is 43.5 Å². The van der Waals surface area contributed by atoms with E-state index in [1.807, 2.05) is 24.0 Å². The molecular weight excluding hydrogens is 596 g/mol. The fraction of sp³-hybridized carbons (Fsp3) is 0.579. The molecule has 1 unspecified atom stereocenters. The monoisotopic (exact) mass is 652 g/mol. The summed E-state index contributed by atoms with van der Waals surface area (Å²) in [6.45, 7) is 10.9. The van der Waals surface area contributed by atoms with Crippen molar-refractivity contribution in [1.29, 1.82) is 0 Å². The number of ether oxygens (including phenoxy) is 1. The Morgan fingerprint density at radius 3 is 2.09 bits per heavy atom. The normalized spacial score (nSPS) is 16.0. The maximum absolute atomic E-state index is 13.0. The maximum atomic E-state index is 13.0. The average molecular weight is 654 g/mol. The van der Waals surface area contributed by atoms with Crippen LogP contribution in [0.1, 0.15) is 122 Å². The molecule has 0 bridgehead atoms. The molecule has 0 fully saturated rings. The standard InChI is InChI=1S/C38H56N2O2.BrH/c1-5-7-8-9-10-11-12-13-14-15-16-17-25-42-36-23-21-33(22-24-36)30-40(37(41)6-2)35-20-18-19-34(26-35)28-38(4)27-32(3)29-39-31-38;/h18-24,26-27,29H,5-17,25,28,30-31H2,1-4H3;1H. The molecule has 2 aromatic rings. The molecule has 1 atom stereocenters. The second kappa shape index (κ2) is 20.5. The van der Waals surface area contributed by atoms with E-state index in [1.54, 1.807) is 0 Å². The third-order valence-electron chi connectivity index (χ3n) is 8.38. The van der Waals surface area contributed by atoms with Gasteiger partial charge in [-0.15, -0.1) is 0 Å². The molecule has 5 heteroatoms.